The molecule has 0 aliphatic heterocycles. The molecule has 15 heavy (non-hydrogen) atoms. The second-order valence-corrected chi connectivity index (χ2v) is 4.76. The van der Waals surface area contributed by atoms with Gasteiger partial charge in [0.05, 0.1) is 6.10 Å². The van der Waals surface area contributed by atoms with Crippen LogP contribution in [0.2, 0.25) is 0 Å². The lowest BCUT2D eigenvalue weighted by Crippen LogP contribution is -2.29. The standard InChI is InChI=1S/C11H22BrNO2/c1-9(2)15-8-11(14)13-6-4-5-10(3)7-12/h9-10H,4-8H2,1-3H3,(H,13,14). The quantitative estimate of drug-likeness (QED) is 0.547. The highest BCUT2D eigenvalue weighted by Gasteiger charge is 2.03. The van der Waals surface area contributed by atoms with Gasteiger partial charge in [-0.05, 0) is 32.6 Å². The van der Waals surface area contributed by atoms with Gasteiger partial charge in [0.2, 0.25) is 5.91 Å². The highest BCUT2D eigenvalue weighted by Crippen LogP contribution is 2.07. The summed E-state index contributed by atoms with van der Waals surface area (Å²) < 4.78 is 5.18. The van der Waals surface area contributed by atoms with Crippen LogP contribution in [0.5, 0.6) is 0 Å². The number of halogens is 1. The molecular weight excluding hydrogens is 258 g/mol. The number of carbonyl (C=O) groups excluding carboxylic acids is 1. The Morgan fingerprint density at radius 2 is 2.07 bits per heavy atom. The molecule has 0 aliphatic rings. The Morgan fingerprint density at radius 3 is 2.60 bits per heavy atom. The molecule has 1 N–H and O–H groups in total. The van der Waals surface area contributed by atoms with Crippen LogP contribution in [-0.4, -0.2) is 30.5 Å². The third-order valence-corrected chi connectivity index (χ3v) is 3.11. The van der Waals surface area contributed by atoms with Gasteiger partial charge in [0.1, 0.15) is 6.61 Å². The molecule has 1 amide bonds. The predicted molar refractivity (Wildman–Crippen MR) is 66.3 cm³/mol. The van der Waals surface area contributed by atoms with E-state index in [2.05, 4.69) is 28.2 Å². The molecule has 1 unspecified atom stereocenters. The van der Waals surface area contributed by atoms with E-state index >= 15 is 0 Å². The van der Waals surface area contributed by atoms with Gasteiger partial charge in [-0.2, -0.15) is 0 Å². The van der Waals surface area contributed by atoms with Gasteiger partial charge in [-0.3, -0.25) is 4.79 Å². The summed E-state index contributed by atoms with van der Waals surface area (Å²) in [6, 6.07) is 0. The van der Waals surface area contributed by atoms with Gasteiger partial charge >= 0.3 is 0 Å². The lowest BCUT2D eigenvalue weighted by molar-refractivity contribution is -0.127. The van der Waals surface area contributed by atoms with E-state index in [1.54, 1.807) is 0 Å². The van der Waals surface area contributed by atoms with Crippen LogP contribution in [0.4, 0.5) is 0 Å². The van der Waals surface area contributed by atoms with Crippen molar-refractivity contribution >= 4 is 21.8 Å². The second kappa shape index (κ2) is 9.16. The second-order valence-electron chi connectivity index (χ2n) is 4.11. The van der Waals surface area contributed by atoms with Gasteiger partial charge in [-0.25, -0.2) is 0 Å². The van der Waals surface area contributed by atoms with Crippen LogP contribution in [-0.2, 0) is 9.53 Å². The maximum absolute atomic E-state index is 11.2. The Bertz CT molecular complexity index is 174. The zero-order valence-corrected chi connectivity index (χ0v) is 11.5. The highest BCUT2D eigenvalue weighted by atomic mass is 79.9. The van der Waals surface area contributed by atoms with Crippen LogP contribution >= 0.6 is 15.9 Å². The van der Waals surface area contributed by atoms with Crippen LogP contribution < -0.4 is 5.32 Å². The summed E-state index contributed by atoms with van der Waals surface area (Å²) >= 11 is 3.43. The first kappa shape index (κ1) is 14.9. The molecule has 0 bridgehead atoms. The van der Waals surface area contributed by atoms with Gasteiger partial charge < -0.3 is 10.1 Å². The van der Waals surface area contributed by atoms with Gasteiger partial charge in [0.15, 0.2) is 0 Å². The third-order valence-electron chi connectivity index (χ3n) is 2.01. The van der Waals surface area contributed by atoms with E-state index in [9.17, 15) is 4.79 Å². The highest BCUT2D eigenvalue weighted by molar-refractivity contribution is 9.09. The number of amides is 1. The fourth-order valence-electron chi connectivity index (χ4n) is 1.05. The Balaban J connectivity index is 3.31. The first-order valence-corrected chi connectivity index (χ1v) is 6.62. The zero-order chi connectivity index (χ0) is 11.7. The fourth-order valence-corrected chi connectivity index (χ4v) is 1.37. The minimum Gasteiger partial charge on any atom is -0.369 e. The molecule has 1 atom stereocenters. The average molecular weight is 280 g/mol. The van der Waals surface area contributed by atoms with Crippen LogP contribution in [0, 0.1) is 5.92 Å². The normalized spacial score (nSPS) is 12.9. The molecule has 4 heteroatoms. The average Bonchev–Trinajstić information content (AvgIpc) is 2.21. The Labute approximate surface area is 101 Å². The lowest BCUT2D eigenvalue weighted by Gasteiger charge is -2.09. The van der Waals surface area contributed by atoms with Crippen LogP contribution in [0.15, 0.2) is 0 Å². The first-order chi connectivity index (χ1) is 7.06. The van der Waals surface area contributed by atoms with Crippen molar-refractivity contribution in [3.63, 3.8) is 0 Å². The summed E-state index contributed by atoms with van der Waals surface area (Å²) in [5.41, 5.74) is 0. The summed E-state index contributed by atoms with van der Waals surface area (Å²) in [7, 11) is 0. The van der Waals surface area contributed by atoms with Gasteiger partial charge in [0, 0.05) is 11.9 Å². The van der Waals surface area contributed by atoms with E-state index in [0.717, 1.165) is 24.7 Å². The number of rotatable bonds is 8. The van der Waals surface area contributed by atoms with Crippen molar-refractivity contribution in [3.05, 3.63) is 0 Å². The largest absolute Gasteiger partial charge is 0.369 e. The molecule has 90 valence electrons. The number of alkyl halides is 1. The molecule has 0 spiro atoms. The van der Waals surface area contributed by atoms with Crippen molar-refractivity contribution in [1.82, 2.24) is 5.32 Å². The zero-order valence-electron chi connectivity index (χ0n) is 9.88. The van der Waals surface area contributed by atoms with E-state index < -0.39 is 0 Å². The molecule has 0 radical (unpaired) electrons. The molecule has 0 aromatic heterocycles. The minimum atomic E-state index is -0.0183. The Morgan fingerprint density at radius 1 is 1.40 bits per heavy atom. The molecule has 0 heterocycles. The SMILES string of the molecule is CC(CBr)CCCNC(=O)COC(C)C. The van der Waals surface area contributed by atoms with Crippen molar-refractivity contribution in [2.45, 2.75) is 39.7 Å². The maximum Gasteiger partial charge on any atom is 0.246 e. The number of carbonyl (C=O) groups is 1. The van der Waals surface area contributed by atoms with E-state index in [1.165, 1.54) is 0 Å². The van der Waals surface area contributed by atoms with Crippen molar-refractivity contribution in [2.75, 3.05) is 18.5 Å². The van der Waals surface area contributed by atoms with E-state index in [4.69, 9.17) is 4.74 Å². The molecule has 0 saturated carbocycles. The first-order valence-electron chi connectivity index (χ1n) is 5.50. The topological polar surface area (TPSA) is 38.3 Å². The predicted octanol–water partition coefficient (Wildman–Crippen LogP) is 2.34. The molecule has 0 fully saturated rings. The summed E-state index contributed by atoms with van der Waals surface area (Å²) in [5.74, 6) is 0.656. The number of hydrogen-bond acceptors (Lipinski definition) is 2. The van der Waals surface area contributed by atoms with Crippen LogP contribution in [0.3, 0.4) is 0 Å². The van der Waals surface area contributed by atoms with Crippen molar-refractivity contribution < 1.29 is 9.53 Å². The number of ether oxygens (including phenoxy) is 1. The summed E-state index contributed by atoms with van der Waals surface area (Å²) in [6.45, 7) is 6.96. The molecule has 0 aromatic rings. The summed E-state index contributed by atoms with van der Waals surface area (Å²) in [4.78, 5) is 11.2. The molecule has 0 aliphatic carbocycles. The van der Waals surface area contributed by atoms with Gasteiger partial charge in [-0.1, -0.05) is 22.9 Å². The molecule has 0 saturated heterocycles. The fraction of sp³-hybridized carbons (Fsp3) is 0.909. The van der Waals surface area contributed by atoms with Crippen molar-refractivity contribution in [3.8, 4) is 0 Å². The molecular formula is C11H22BrNO2. The summed E-state index contributed by atoms with van der Waals surface area (Å²) in [6.07, 6.45) is 2.28. The minimum absolute atomic E-state index is 0.0183. The lowest BCUT2D eigenvalue weighted by atomic mass is 10.1. The molecule has 0 aromatic carbocycles. The van der Waals surface area contributed by atoms with Crippen LogP contribution in [0.25, 0.3) is 0 Å². The maximum atomic E-state index is 11.2. The van der Waals surface area contributed by atoms with E-state index in [-0.39, 0.29) is 18.6 Å². The Kier molecular flexibility index (Phi) is 9.10. The van der Waals surface area contributed by atoms with E-state index in [1.807, 2.05) is 13.8 Å². The van der Waals surface area contributed by atoms with Crippen LogP contribution in [0.1, 0.15) is 33.6 Å². The summed E-state index contributed by atoms with van der Waals surface area (Å²) in [5, 5.41) is 3.86. The van der Waals surface area contributed by atoms with Crippen molar-refractivity contribution in [2.24, 2.45) is 5.92 Å². The Hall–Kier alpha value is -0.0900. The third kappa shape index (κ3) is 10.2. The molecule has 3 nitrogen and oxygen atoms in total. The van der Waals surface area contributed by atoms with Gasteiger partial charge in [-0.15, -0.1) is 0 Å². The monoisotopic (exact) mass is 279 g/mol. The number of hydrogen-bond donors (Lipinski definition) is 1. The smallest absolute Gasteiger partial charge is 0.246 e. The van der Waals surface area contributed by atoms with Gasteiger partial charge in [0.25, 0.3) is 0 Å². The van der Waals surface area contributed by atoms with E-state index in [0.29, 0.717) is 5.92 Å². The van der Waals surface area contributed by atoms with Crippen molar-refractivity contribution in [1.29, 1.82) is 0 Å². The number of nitrogens with one attached hydrogen (secondary N) is 1. The molecule has 0 rings (SSSR count).